The smallest absolute Gasteiger partial charge is 0.303 e. The van der Waals surface area contributed by atoms with Crippen molar-refractivity contribution in [2.45, 2.75) is 43.1 Å². The molecule has 1 fully saturated rings. The number of aliphatic hydroxyl groups excluding tert-OH is 1. The Labute approximate surface area is 242 Å². The summed E-state index contributed by atoms with van der Waals surface area (Å²) in [6.45, 7) is 1.83. The number of carbonyl (C=O) groups is 1. The monoisotopic (exact) mass is 591 g/mol. The van der Waals surface area contributed by atoms with Crippen molar-refractivity contribution in [1.29, 1.82) is 0 Å². The minimum Gasteiger partial charge on any atom is -0.497 e. The number of aliphatic carboxylic acids is 1. The first-order valence-electron chi connectivity index (χ1n) is 13.6. The van der Waals surface area contributed by atoms with Crippen molar-refractivity contribution in [3.8, 4) is 5.75 Å². The van der Waals surface area contributed by atoms with Crippen molar-refractivity contribution in [2.24, 2.45) is 5.41 Å². The maximum Gasteiger partial charge on any atom is 0.303 e. The lowest BCUT2D eigenvalue weighted by atomic mass is 9.71. The number of methoxy groups -OCH3 is 1. The number of aromatic nitrogens is 1. The van der Waals surface area contributed by atoms with E-state index in [1.165, 1.54) is 0 Å². The van der Waals surface area contributed by atoms with Crippen LogP contribution < -0.4 is 9.64 Å². The fraction of sp³-hybridized carbons (Fsp3) is 0.467. The second kappa shape index (κ2) is 13.3. The summed E-state index contributed by atoms with van der Waals surface area (Å²) < 4.78 is 46.5. The van der Waals surface area contributed by atoms with E-state index in [0.717, 1.165) is 33.9 Å². The third-order valence-corrected chi connectivity index (χ3v) is 8.98. The van der Waals surface area contributed by atoms with E-state index in [1.54, 1.807) is 13.3 Å². The zero-order valence-electron chi connectivity index (χ0n) is 23.5. The van der Waals surface area contributed by atoms with Gasteiger partial charge in [0.05, 0.1) is 41.9 Å². The quantitative estimate of drug-likeness (QED) is 0.252. The van der Waals surface area contributed by atoms with Crippen LogP contribution in [0.25, 0.3) is 10.9 Å². The molecule has 0 unspecified atom stereocenters. The Morgan fingerprint density at radius 1 is 1.17 bits per heavy atom. The van der Waals surface area contributed by atoms with Gasteiger partial charge in [-0.15, -0.1) is 11.8 Å². The summed E-state index contributed by atoms with van der Waals surface area (Å²) in [7, 11) is 5.36. The van der Waals surface area contributed by atoms with Gasteiger partial charge in [0.25, 0.3) is 0 Å². The molecule has 2 N–H and O–H groups in total. The van der Waals surface area contributed by atoms with Gasteiger partial charge >= 0.3 is 5.97 Å². The van der Waals surface area contributed by atoms with Crippen LogP contribution in [-0.4, -0.2) is 72.7 Å². The van der Waals surface area contributed by atoms with Gasteiger partial charge in [-0.3, -0.25) is 9.78 Å². The third kappa shape index (κ3) is 7.44. The van der Waals surface area contributed by atoms with E-state index < -0.39 is 34.9 Å². The van der Waals surface area contributed by atoms with E-state index in [-0.39, 0.29) is 11.3 Å². The van der Waals surface area contributed by atoms with E-state index in [2.05, 4.69) is 9.88 Å². The van der Waals surface area contributed by atoms with Crippen molar-refractivity contribution in [1.82, 2.24) is 9.88 Å². The molecule has 0 radical (unpaired) electrons. The van der Waals surface area contributed by atoms with Crippen LogP contribution in [0, 0.1) is 22.9 Å². The molecule has 0 saturated carbocycles. The van der Waals surface area contributed by atoms with Gasteiger partial charge in [-0.05, 0) is 62.4 Å². The molecule has 4 rings (SSSR count). The van der Waals surface area contributed by atoms with Crippen LogP contribution in [0.4, 0.5) is 18.9 Å². The molecule has 3 aromatic rings. The second-order valence-electron chi connectivity index (χ2n) is 10.8. The van der Waals surface area contributed by atoms with Crippen LogP contribution in [0.2, 0.25) is 0 Å². The highest BCUT2D eigenvalue weighted by molar-refractivity contribution is 7.99. The Morgan fingerprint density at radius 3 is 2.46 bits per heavy atom. The van der Waals surface area contributed by atoms with Crippen LogP contribution in [0.3, 0.4) is 0 Å². The van der Waals surface area contributed by atoms with Gasteiger partial charge in [-0.1, -0.05) is 0 Å². The Kier molecular flexibility index (Phi) is 10.0. The number of piperidine rings is 1. The average Bonchev–Trinajstić information content (AvgIpc) is 2.92. The van der Waals surface area contributed by atoms with Crippen LogP contribution in [0.5, 0.6) is 5.75 Å². The molecule has 1 atom stereocenters. The number of carboxylic acid groups (broad SMARTS) is 1. The van der Waals surface area contributed by atoms with Crippen LogP contribution in [-0.2, 0) is 4.79 Å². The SMILES string of the molecule is COc1ccc2ncc(N(C)C)c([C@@H](O)CCC3(CC(=O)O)CCN(CCSc4c(F)cc(F)cc4F)CC3)c2c1. The lowest BCUT2D eigenvalue weighted by molar-refractivity contribution is -0.141. The Hall–Kier alpha value is -3.02. The summed E-state index contributed by atoms with van der Waals surface area (Å²) in [4.78, 5) is 20.3. The number of halogens is 3. The van der Waals surface area contributed by atoms with Crippen LogP contribution in [0.1, 0.15) is 43.8 Å². The number of fused-ring (bicyclic) bond motifs is 1. The highest BCUT2D eigenvalue weighted by Crippen LogP contribution is 2.43. The van der Waals surface area contributed by atoms with E-state index in [0.29, 0.717) is 69.0 Å². The molecule has 1 aromatic heterocycles. The highest BCUT2D eigenvalue weighted by Gasteiger charge is 2.37. The molecule has 1 aliphatic heterocycles. The molecule has 41 heavy (non-hydrogen) atoms. The summed E-state index contributed by atoms with van der Waals surface area (Å²) in [5, 5.41) is 22.0. The molecule has 0 bridgehead atoms. The zero-order chi connectivity index (χ0) is 29.7. The normalized spacial score (nSPS) is 16.1. The topological polar surface area (TPSA) is 86.1 Å². The molecule has 0 aliphatic carbocycles. The molecule has 11 heteroatoms. The number of thioether (sulfide) groups is 1. The van der Waals surface area contributed by atoms with Crippen LogP contribution in [0.15, 0.2) is 41.4 Å². The maximum atomic E-state index is 14.0. The van der Waals surface area contributed by atoms with Crippen molar-refractivity contribution in [2.75, 3.05) is 51.5 Å². The number of hydrogen-bond donors (Lipinski definition) is 2. The second-order valence-corrected chi connectivity index (χ2v) is 12.0. The number of nitrogens with zero attached hydrogens (tertiary/aromatic N) is 3. The van der Waals surface area contributed by atoms with Crippen molar-refractivity contribution in [3.63, 3.8) is 0 Å². The van der Waals surface area contributed by atoms with Crippen molar-refractivity contribution >= 4 is 34.3 Å². The molecule has 2 aromatic carbocycles. The van der Waals surface area contributed by atoms with Gasteiger partial charge in [0.15, 0.2) is 0 Å². The summed E-state index contributed by atoms with van der Waals surface area (Å²) in [6.07, 6.45) is 3.05. The zero-order valence-corrected chi connectivity index (χ0v) is 24.3. The fourth-order valence-corrected chi connectivity index (χ4v) is 6.58. The van der Waals surface area contributed by atoms with Crippen molar-refractivity contribution in [3.05, 3.63) is 59.5 Å². The van der Waals surface area contributed by atoms with Crippen molar-refractivity contribution < 1.29 is 32.9 Å². The molecular weight excluding hydrogens is 555 g/mol. The van der Waals surface area contributed by atoms with E-state index >= 15 is 0 Å². The number of anilines is 1. The Bertz CT molecular complexity index is 1360. The molecular formula is C30H36F3N3O4S. The molecule has 0 spiro atoms. The minimum atomic E-state index is -0.949. The van der Waals surface area contributed by atoms with Gasteiger partial charge < -0.3 is 24.7 Å². The third-order valence-electron chi connectivity index (χ3n) is 7.92. The number of carboxylic acids is 1. The fourth-order valence-electron chi connectivity index (χ4n) is 5.63. The van der Waals surface area contributed by atoms with Gasteiger partial charge in [0.2, 0.25) is 0 Å². The summed E-state index contributed by atoms with van der Waals surface area (Å²) in [6, 6.07) is 6.88. The molecule has 0 amide bonds. The number of aliphatic hydroxyl groups is 1. The average molecular weight is 592 g/mol. The predicted octanol–water partition coefficient (Wildman–Crippen LogP) is 5.89. The predicted molar refractivity (Wildman–Crippen MR) is 154 cm³/mol. The van der Waals surface area contributed by atoms with E-state index in [9.17, 15) is 28.2 Å². The maximum absolute atomic E-state index is 14.0. The molecule has 2 heterocycles. The lowest BCUT2D eigenvalue weighted by Gasteiger charge is -2.41. The molecule has 1 saturated heterocycles. The van der Waals surface area contributed by atoms with E-state index in [1.807, 2.05) is 37.2 Å². The van der Waals surface area contributed by atoms with Gasteiger partial charge in [-0.25, -0.2) is 13.2 Å². The highest BCUT2D eigenvalue weighted by atomic mass is 32.2. The van der Waals surface area contributed by atoms with E-state index in [4.69, 9.17) is 4.74 Å². The number of rotatable bonds is 12. The van der Waals surface area contributed by atoms with Gasteiger partial charge in [-0.2, -0.15) is 0 Å². The summed E-state index contributed by atoms with van der Waals surface area (Å²) in [5.41, 5.74) is 1.77. The van der Waals surface area contributed by atoms with Crippen LogP contribution >= 0.6 is 11.8 Å². The molecule has 1 aliphatic rings. The first kappa shape index (κ1) is 30.9. The molecule has 222 valence electrons. The first-order chi connectivity index (χ1) is 19.5. The largest absolute Gasteiger partial charge is 0.497 e. The standard InChI is InChI=1S/C30H36F3N3O4S/c1-35(2)25-18-34-24-5-4-20(40-3)16-21(24)28(25)26(37)6-7-30(17-27(38)39)8-10-36(11-9-30)12-13-41-29-22(32)14-19(31)15-23(29)33/h4-5,14-16,18,26,37H,6-13,17H2,1-3H3,(H,38,39)/t26-/m0/s1. The Balaban J connectivity index is 1.43. The summed E-state index contributed by atoms with van der Waals surface area (Å²) in [5.74, 6) is -2.59. The minimum absolute atomic E-state index is 0.000233. The van der Waals surface area contributed by atoms with Gasteiger partial charge in [0.1, 0.15) is 23.2 Å². The summed E-state index contributed by atoms with van der Waals surface area (Å²) >= 11 is 1.00. The number of benzene rings is 2. The number of ether oxygens (including phenoxy) is 1. The first-order valence-corrected chi connectivity index (χ1v) is 14.5. The molecule has 7 nitrogen and oxygen atoms in total. The number of likely N-dealkylation sites (tertiary alicyclic amines) is 1. The number of hydrogen-bond acceptors (Lipinski definition) is 7. The van der Waals surface area contributed by atoms with Gasteiger partial charge in [0, 0.05) is 49.5 Å². The Morgan fingerprint density at radius 2 is 1.85 bits per heavy atom. The number of pyridine rings is 1. The lowest BCUT2D eigenvalue weighted by Crippen LogP contribution is -2.42.